The summed E-state index contributed by atoms with van der Waals surface area (Å²) in [6.45, 7) is 8.76. The Labute approximate surface area is 537 Å². The zero-order chi connectivity index (χ0) is 68.9. The number of hydrogen-bond donors (Lipinski definition) is 17. The van der Waals surface area contributed by atoms with E-state index >= 15 is 0 Å². The number of nitrogens with two attached hydrogens (primary N) is 4. The van der Waals surface area contributed by atoms with Crippen molar-refractivity contribution in [1.29, 1.82) is 0 Å². The number of rotatable bonds is 45. The summed E-state index contributed by atoms with van der Waals surface area (Å²) in [5.74, 6) is -12.6. The molecule has 0 aliphatic rings. The molecule has 92 heavy (non-hydrogen) atoms. The Balaban J connectivity index is 2.30. The van der Waals surface area contributed by atoms with Gasteiger partial charge in [-0.2, -0.15) is 0 Å². The van der Waals surface area contributed by atoms with Crippen LogP contribution in [0.25, 0.3) is 0 Å². The minimum Gasteiger partial charge on any atom is -0.481 e. The SMILES string of the molecule is CCC(C)C(NC(=O)C(CCC(=O)O)NC(=O)CNC(=O)C(NC(=O)C(Cc1ccccc1)NC(=O)C(C)NC(=O)C(CCCCN)NC(=O)CNC(=O)C(Cc1ccccc1)NC(=O)C(CCCCN)NC(=O)C(CCCCN)NC(=O)C(C)N)C(C)C)C(=O)O. The Kier molecular flexibility index (Phi) is 37.3. The number of unbranched alkanes of at least 4 members (excludes halogenated alkanes) is 3. The van der Waals surface area contributed by atoms with Crippen LogP contribution in [0.2, 0.25) is 0 Å². The van der Waals surface area contributed by atoms with Crippen molar-refractivity contribution in [3.63, 3.8) is 0 Å². The molecule has 11 amide bonds. The lowest BCUT2D eigenvalue weighted by Crippen LogP contribution is -2.59. The maximum atomic E-state index is 14.2. The van der Waals surface area contributed by atoms with E-state index in [0.717, 1.165) is 0 Å². The molecule has 2 aromatic rings. The summed E-state index contributed by atoms with van der Waals surface area (Å²) in [4.78, 5) is 174. The van der Waals surface area contributed by atoms with Gasteiger partial charge >= 0.3 is 11.9 Å². The van der Waals surface area contributed by atoms with Crippen LogP contribution >= 0.6 is 0 Å². The molecule has 0 aromatic heterocycles. The highest BCUT2D eigenvalue weighted by atomic mass is 16.4. The van der Waals surface area contributed by atoms with E-state index in [0.29, 0.717) is 69.2 Å². The van der Waals surface area contributed by atoms with Gasteiger partial charge in [-0.1, -0.05) is 94.8 Å². The Morgan fingerprint density at radius 1 is 0.413 bits per heavy atom. The summed E-state index contributed by atoms with van der Waals surface area (Å²) >= 11 is 0. The first-order chi connectivity index (χ1) is 43.6. The van der Waals surface area contributed by atoms with E-state index in [2.05, 4.69) is 58.5 Å². The second-order valence-electron chi connectivity index (χ2n) is 23.0. The zero-order valence-corrected chi connectivity index (χ0v) is 53.6. The molecule has 30 heteroatoms. The molecule has 2 aromatic carbocycles. The van der Waals surface area contributed by atoms with Crippen molar-refractivity contribution in [2.24, 2.45) is 34.8 Å². The molecule has 0 aliphatic carbocycles. The number of carbonyl (C=O) groups is 13. The molecule has 0 fully saturated rings. The summed E-state index contributed by atoms with van der Waals surface area (Å²) in [5.41, 5.74) is 24.2. The number of carboxylic acids is 2. The van der Waals surface area contributed by atoms with Crippen molar-refractivity contribution in [2.75, 3.05) is 32.7 Å². The largest absolute Gasteiger partial charge is 0.481 e. The molecule has 0 heterocycles. The van der Waals surface area contributed by atoms with Gasteiger partial charge in [0.25, 0.3) is 0 Å². The molecular formula is C62H99N15O15. The summed E-state index contributed by atoms with van der Waals surface area (Å²) in [6.07, 6.45) is 2.35. The quantitative estimate of drug-likeness (QED) is 0.0304. The number of aliphatic carboxylic acids is 2. The van der Waals surface area contributed by atoms with Gasteiger partial charge in [0.1, 0.15) is 54.4 Å². The molecule has 0 saturated heterocycles. The van der Waals surface area contributed by atoms with E-state index in [1.165, 1.54) is 13.8 Å². The van der Waals surface area contributed by atoms with Crippen LogP contribution in [0.5, 0.6) is 0 Å². The van der Waals surface area contributed by atoms with Gasteiger partial charge in [0, 0.05) is 19.3 Å². The van der Waals surface area contributed by atoms with Crippen LogP contribution in [-0.2, 0) is 75.2 Å². The summed E-state index contributed by atoms with van der Waals surface area (Å²) < 4.78 is 0. The summed E-state index contributed by atoms with van der Waals surface area (Å²) in [6, 6.07) is 4.56. The second kappa shape index (κ2) is 43.2. The van der Waals surface area contributed by atoms with Crippen molar-refractivity contribution < 1.29 is 72.5 Å². The molecule has 0 bridgehead atoms. The number of nitrogens with one attached hydrogen (secondary N) is 11. The maximum Gasteiger partial charge on any atom is 0.326 e. The lowest BCUT2D eigenvalue weighted by atomic mass is 9.98. The van der Waals surface area contributed by atoms with E-state index < -0.39 is 175 Å². The number of hydrogen-bond acceptors (Lipinski definition) is 17. The second-order valence-corrected chi connectivity index (χ2v) is 23.0. The smallest absolute Gasteiger partial charge is 0.326 e. The fourth-order valence-electron chi connectivity index (χ4n) is 9.25. The number of carbonyl (C=O) groups excluding carboxylic acids is 11. The van der Waals surface area contributed by atoms with E-state index in [-0.39, 0.29) is 38.6 Å². The zero-order valence-electron chi connectivity index (χ0n) is 53.6. The van der Waals surface area contributed by atoms with E-state index in [9.17, 15) is 72.5 Å². The Morgan fingerprint density at radius 3 is 1.21 bits per heavy atom. The molecule has 0 saturated carbocycles. The first-order valence-corrected chi connectivity index (χ1v) is 31.3. The average Bonchev–Trinajstić information content (AvgIpc) is 3.31. The van der Waals surface area contributed by atoms with Gasteiger partial charge in [-0.25, -0.2) is 4.79 Å². The molecule has 30 nitrogen and oxygen atoms in total. The van der Waals surface area contributed by atoms with Crippen LogP contribution in [0, 0.1) is 11.8 Å². The molecule has 21 N–H and O–H groups in total. The van der Waals surface area contributed by atoms with Crippen LogP contribution in [0.4, 0.5) is 0 Å². The first kappa shape index (κ1) is 79.5. The van der Waals surface area contributed by atoms with Crippen molar-refractivity contribution in [3.8, 4) is 0 Å². The summed E-state index contributed by atoms with van der Waals surface area (Å²) in [7, 11) is 0. The van der Waals surface area contributed by atoms with Crippen LogP contribution < -0.4 is 81.4 Å². The first-order valence-electron chi connectivity index (χ1n) is 31.3. The van der Waals surface area contributed by atoms with Gasteiger partial charge in [-0.3, -0.25) is 57.5 Å². The lowest BCUT2D eigenvalue weighted by molar-refractivity contribution is -0.144. The standard InChI is InChI=1S/C62H99N15O15/c1-7-37(4)52(62(91)92)77-59(88)45(27-28-50(80)81)71-49(79)35-68-61(90)51(36(2)3)76-60(89)47(33-41-22-12-9-13-23-41)74-54(83)39(6)69-56(85)42(24-14-17-29-63)70-48(78)34-67-55(84)46(32-40-20-10-8-11-21-40)75-58(87)44(26-16-19-31-65)73-57(86)43(25-15-18-30-64)72-53(82)38(5)66/h8-13,20-23,36-39,42-47,51-52H,7,14-19,24-35,63-66H2,1-6H3,(H,67,84)(H,68,90)(H,69,85)(H,70,78)(H,71,79)(H,72,82)(H,73,86)(H,74,83)(H,75,87)(H,76,89)(H,77,88)(H,80,81)(H,91,92). The van der Waals surface area contributed by atoms with Gasteiger partial charge in [0.2, 0.25) is 65.0 Å². The predicted octanol–water partition coefficient (Wildman–Crippen LogP) is -2.53. The van der Waals surface area contributed by atoms with Crippen molar-refractivity contribution in [3.05, 3.63) is 71.8 Å². The molecule has 512 valence electrons. The molecular weight excluding hydrogens is 1190 g/mol. The maximum absolute atomic E-state index is 14.2. The lowest BCUT2D eigenvalue weighted by Gasteiger charge is -2.27. The highest BCUT2D eigenvalue weighted by Crippen LogP contribution is 2.13. The molecule has 0 radical (unpaired) electrons. The van der Waals surface area contributed by atoms with Gasteiger partial charge < -0.3 is 91.6 Å². The van der Waals surface area contributed by atoms with Gasteiger partial charge in [-0.15, -0.1) is 0 Å². The van der Waals surface area contributed by atoms with E-state index in [4.69, 9.17) is 22.9 Å². The Bertz CT molecular complexity index is 2720. The Morgan fingerprint density at radius 2 is 0.783 bits per heavy atom. The number of benzene rings is 2. The third-order valence-electron chi connectivity index (χ3n) is 14.9. The fraction of sp³-hybridized carbons (Fsp3) is 0.597. The monoisotopic (exact) mass is 1290 g/mol. The van der Waals surface area contributed by atoms with Gasteiger partial charge in [-0.05, 0) is 121 Å². The third kappa shape index (κ3) is 30.5. The average molecular weight is 1290 g/mol. The minimum absolute atomic E-state index is 0.0371. The van der Waals surface area contributed by atoms with Gasteiger partial charge in [0.15, 0.2) is 0 Å². The fourth-order valence-corrected chi connectivity index (χ4v) is 9.25. The van der Waals surface area contributed by atoms with Crippen LogP contribution in [-0.4, -0.2) is 180 Å². The molecule has 11 atom stereocenters. The third-order valence-corrected chi connectivity index (χ3v) is 14.9. The summed E-state index contributed by atoms with van der Waals surface area (Å²) in [5, 5.41) is 47.1. The van der Waals surface area contributed by atoms with Crippen LogP contribution in [0.3, 0.4) is 0 Å². The van der Waals surface area contributed by atoms with E-state index in [1.54, 1.807) is 88.4 Å². The predicted molar refractivity (Wildman–Crippen MR) is 341 cm³/mol. The Hall–Kier alpha value is -8.61. The van der Waals surface area contributed by atoms with Crippen molar-refractivity contribution in [2.45, 2.75) is 192 Å². The molecule has 0 spiro atoms. The highest BCUT2D eigenvalue weighted by Gasteiger charge is 2.35. The normalized spacial score (nSPS) is 14.6. The van der Waals surface area contributed by atoms with Crippen molar-refractivity contribution >= 4 is 76.9 Å². The van der Waals surface area contributed by atoms with Gasteiger partial charge in [0.05, 0.1) is 19.1 Å². The van der Waals surface area contributed by atoms with E-state index in [1.807, 2.05) is 0 Å². The topological polar surface area (TPSA) is 499 Å². The van der Waals surface area contributed by atoms with Crippen LogP contribution in [0.15, 0.2) is 60.7 Å². The van der Waals surface area contributed by atoms with Crippen molar-refractivity contribution in [1.82, 2.24) is 58.5 Å². The molecule has 0 aliphatic heterocycles. The highest BCUT2D eigenvalue weighted by molar-refractivity contribution is 5.98. The minimum atomic E-state index is -1.49. The molecule has 2 rings (SSSR count). The number of carboxylic acid groups (broad SMARTS) is 2. The molecule has 11 unspecified atom stereocenters. The van der Waals surface area contributed by atoms with Crippen LogP contribution in [0.1, 0.15) is 130 Å². The number of amides is 11.